The van der Waals surface area contributed by atoms with E-state index < -0.39 is 6.09 Å². The lowest BCUT2D eigenvalue weighted by Crippen LogP contribution is -2.33. The molecule has 0 unspecified atom stereocenters. The van der Waals surface area contributed by atoms with Crippen molar-refractivity contribution < 1.29 is 14.3 Å². The highest BCUT2D eigenvalue weighted by molar-refractivity contribution is 5.90. The van der Waals surface area contributed by atoms with E-state index in [4.69, 9.17) is 4.74 Å². The monoisotopic (exact) mass is 377 g/mol. The maximum absolute atomic E-state index is 12.1. The van der Waals surface area contributed by atoms with Gasteiger partial charge in [0.25, 0.3) is 0 Å². The Labute approximate surface area is 162 Å². The van der Waals surface area contributed by atoms with Crippen molar-refractivity contribution in [2.45, 2.75) is 26.0 Å². The van der Waals surface area contributed by atoms with Gasteiger partial charge in [-0.05, 0) is 23.3 Å². The fourth-order valence-electron chi connectivity index (χ4n) is 3.48. The number of carbonyl (C=O) groups is 2. The summed E-state index contributed by atoms with van der Waals surface area (Å²) >= 11 is 0. The third-order valence-electron chi connectivity index (χ3n) is 4.95. The molecule has 2 aliphatic heterocycles. The van der Waals surface area contributed by atoms with Gasteiger partial charge in [-0.1, -0.05) is 18.2 Å². The molecule has 1 aromatic heterocycles. The Kier molecular flexibility index (Phi) is 4.57. The molecule has 1 saturated heterocycles. The summed E-state index contributed by atoms with van der Waals surface area (Å²) < 4.78 is 7.28. The smallest absolute Gasteiger partial charge is 0.414 e. The molecule has 1 N–H and O–H groups in total. The predicted octanol–water partition coefficient (Wildman–Crippen LogP) is 1.86. The van der Waals surface area contributed by atoms with E-state index in [1.165, 1.54) is 6.92 Å². The van der Waals surface area contributed by atoms with E-state index in [0.717, 1.165) is 22.5 Å². The van der Waals surface area contributed by atoms with E-state index in [1.54, 1.807) is 11.2 Å². The number of carbonyl (C=O) groups excluding carboxylic acids is 2. The molecule has 2 aromatic rings. The van der Waals surface area contributed by atoms with Crippen LogP contribution in [-0.2, 0) is 22.5 Å². The second-order valence-corrected chi connectivity index (χ2v) is 6.81. The Bertz CT molecular complexity index is 1000. The van der Waals surface area contributed by atoms with E-state index in [9.17, 15) is 14.9 Å². The molecule has 0 bridgehead atoms. The van der Waals surface area contributed by atoms with Crippen molar-refractivity contribution in [1.82, 2.24) is 14.9 Å². The number of aromatic nitrogens is 2. The summed E-state index contributed by atoms with van der Waals surface area (Å²) in [6.45, 7) is 2.81. The maximum Gasteiger partial charge on any atom is 0.414 e. The number of cyclic esters (lactones) is 1. The summed E-state index contributed by atoms with van der Waals surface area (Å²) in [7, 11) is 0. The van der Waals surface area contributed by atoms with Crippen LogP contribution in [0.5, 0.6) is 0 Å². The highest BCUT2D eigenvalue weighted by Gasteiger charge is 2.32. The number of benzene rings is 1. The van der Waals surface area contributed by atoms with Crippen molar-refractivity contribution >= 4 is 23.3 Å². The SMILES string of the molecule is CC(=O)NC[C@H]1CN(c2ccc(C3=CCn4cnc(C#N)c4C3)cc2)C(=O)O1. The van der Waals surface area contributed by atoms with Crippen molar-refractivity contribution in [1.29, 1.82) is 5.26 Å². The van der Waals surface area contributed by atoms with Gasteiger partial charge in [0, 0.05) is 25.6 Å². The van der Waals surface area contributed by atoms with Gasteiger partial charge in [-0.15, -0.1) is 0 Å². The van der Waals surface area contributed by atoms with Crippen LogP contribution in [0.3, 0.4) is 0 Å². The third kappa shape index (κ3) is 3.34. The second-order valence-electron chi connectivity index (χ2n) is 6.81. The van der Waals surface area contributed by atoms with E-state index in [-0.39, 0.29) is 12.0 Å². The molecule has 2 aliphatic rings. The zero-order chi connectivity index (χ0) is 19.7. The summed E-state index contributed by atoms with van der Waals surface area (Å²) in [6, 6.07) is 9.84. The van der Waals surface area contributed by atoms with Gasteiger partial charge in [0.1, 0.15) is 12.2 Å². The number of nitriles is 1. The van der Waals surface area contributed by atoms with Gasteiger partial charge in [-0.25, -0.2) is 9.78 Å². The summed E-state index contributed by atoms with van der Waals surface area (Å²) in [4.78, 5) is 28.9. The largest absolute Gasteiger partial charge is 0.442 e. The van der Waals surface area contributed by atoms with Crippen molar-refractivity contribution in [3.63, 3.8) is 0 Å². The quantitative estimate of drug-likeness (QED) is 0.876. The molecule has 4 rings (SSSR count). The Morgan fingerprint density at radius 2 is 2.18 bits per heavy atom. The number of imidazole rings is 1. The molecule has 1 fully saturated rings. The normalized spacial score (nSPS) is 18.1. The number of hydrogen-bond donors (Lipinski definition) is 1. The summed E-state index contributed by atoms with van der Waals surface area (Å²) in [5, 5.41) is 11.9. The summed E-state index contributed by atoms with van der Waals surface area (Å²) in [6.07, 6.45) is 3.69. The van der Waals surface area contributed by atoms with E-state index in [0.29, 0.717) is 31.7 Å². The summed E-state index contributed by atoms with van der Waals surface area (Å²) in [5.41, 5.74) is 4.31. The zero-order valence-electron chi connectivity index (χ0n) is 15.4. The van der Waals surface area contributed by atoms with Gasteiger partial charge in [-0.3, -0.25) is 9.69 Å². The number of hydrogen-bond acceptors (Lipinski definition) is 5. The minimum Gasteiger partial charge on any atom is -0.442 e. The van der Waals surface area contributed by atoms with Crippen LogP contribution >= 0.6 is 0 Å². The van der Waals surface area contributed by atoms with Gasteiger partial charge < -0.3 is 14.6 Å². The minimum atomic E-state index is -0.414. The van der Waals surface area contributed by atoms with Crippen molar-refractivity contribution in [3.8, 4) is 6.07 Å². The molecule has 0 radical (unpaired) electrons. The van der Waals surface area contributed by atoms with Gasteiger partial charge in [0.05, 0.1) is 25.1 Å². The van der Waals surface area contributed by atoms with Crippen molar-refractivity contribution in [3.05, 3.63) is 53.6 Å². The Balaban J connectivity index is 1.46. The molecule has 1 atom stereocenters. The molecule has 2 amide bonds. The number of allylic oxidation sites excluding steroid dienone is 2. The highest BCUT2D eigenvalue weighted by atomic mass is 16.6. The number of rotatable bonds is 4. The topological polar surface area (TPSA) is 100 Å². The average Bonchev–Trinajstić information content (AvgIpc) is 3.29. The number of ether oxygens (including phenoxy) is 1. The molecular weight excluding hydrogens is 358 g/mol. The first-order valence-corrected chi connectivity index (χ1v) is 9.01. The first-order chi connectivity index (χ1) is 13.5. The predicted molar refractivity (Wildman–Crippen MR) is 101 cm³/mol. The van der Waals surface area contributed by atoms with Crippen molar-refractivity contribution in [2.75, 3.05) is 18.0 Å². The van der Waals surface area contributed by atoms with Gasteiger partial charge in [0.2, 0.25) is 5.91 Å². The van der Waals surface area contributed by atoms with Crippen LogP contribution in [0.1, 0.15) is 23.9 Å². The number of anilines is 1. The van der Waals surface area contributed by atoms with Crippen LogP contribution in [0.4, 0.5) is 10.5 Å². The van der Waals surface area contributed by atoms with Crippen LogP contribution in [0.25, 0.3) is 5.57 Å². The lowest BCUT2D eigenvalue weighted by molar-refractivity contribution is -0.119. The number of amides is 2. The second kappa shape index (κ2) is 7.19. The molecule has 8 nitrogen and oxygen atoms in total. The van der Waals surface area contributed by atoms with E-state index in [2.05, 4.69) is 22.4 Å². The van der Waals surface area contributed by atoms with Gasteiger partial charge >= 0.3 is 6.09 Å². The van der Waals surface area contributed by atoms with Crippen LogP contribution in [-0.4, -0.2) is 40.7 Å². The van der Waals surface area contributed by atoms with Crippen molar-refractivity contribution in [2.24, 2.45) is 0 Å². The first kappa shape index (κ1) is 17.8. The van der Waals surface area contributed by atoms with E-state index in [1.807, 2.05) is 28.8 Å². The molecule has 0 saturated carbocycles. The fourth-order valence-corrected chi connectivity index (χ4v) is 3.48. The zero-order valence-corrected chi connectivity index (χ0v) is 15.4. The molecule has 8 heteroatoms. The lowest BCUT2D eigenvalue weighted by atomic mass is 9.97. The molecule has 1 aromatic carbocycles. The third-order valence-corrected chi connectivity index (χ3v) is 4.95. The molecular formula is C20H19N5O3. The summed E-state index contributed by atoms with van der Waals surface area (Å²) in [5.74, 6) is -0.152. The Morgan fingerprint density at radius 3 is 2.89 bits per heavy atom. The maximum atomic E-state index is 12.1. The fraction of sp³-hybridized carbons (Fsp3) is 0.300. The van der Waals surface area contributed by atoms with Gasteiger partial charge in [-0.2, -0.15) is 5.26 Å². The lowest BCUT2D eigenvalue weighted by Gasteiger charge is -2.18. The molecule has 142 valence electrons. The molecule has 28 heavy (non-hydrogen) atoms. The highest BCUT2D eigenvalue weighted by Crippen LogP contribution is 2.28. The molecule has 0 aliphatic carbocycles. The average molecular weight is 377 g/mol. The number of nitrogens with one attached hydrogen (secondary N) is 1. The van der Waals surface area contributed by atoms with Gasteiger partial charge in [0.15, 0.2) is 5.69 Å². The van der Waals surface area contributed by atoms with E-state index >= 15 is 0 Å². The van der Waals surface area contributed by atoms with Crippen LogP contribution in [0.2, 0.25) is 0 Å². The standard InChI is InChI=1S/C20H19N5O3/c1-13(26)22-10-17-11-25(20(27)28-17)16-4-2-14(3-5-16)15-6-7-24-12-23-18(9-21)19(24)8-15/h2-6,12,17H,7-8,10-11H2,1H3,(H,22,26)/t17-/m0/s1. The number of fused-ring (bicyclic) bond motifs is 1. The van der Waals surface area contributed by atoms with Crippen LogP contribution < -0.4 is 10.2 Å². The minimum absolute atomic E-state index is 0.152. The Hall–Kier alpha value is -3.60. The van der Waals surface area contributed by atoms with Crippen LogP contribution in [0.15, 0.2) is 36.7 Å². The molecule has 3 heterocycles. The number of nitrogens with zero attached hydrogens (tertiary/aromatic N) is 4. The van der Waals surface area contributed by atoms with Crippen LogP contribution in [0, 0.1) is 11.3 Å². The first-order valence-electron chi connectivity index (χ1n) is 9.01. The Morgan fingerprint density at radius 1 is 1.39 bits per heavy atom. The molecule has 0 spiro atoms.